The molecule has 0 spiro atoms. The molecule has 0 aliphatic carbocycles. The van der Waals surface area contributed by atoms with Crippen LogP contribution in [0.5, 0.6) is 0 Å². The number of carbonyl (C=O) groups is 1. The molecule has 3 rings (SSSR count). The van der Waals surface area contributed by atoms with Crippen LogP contribution in [-0.2, 0) is 28.8 Å². The highest BCUT2D eigenvalue weighted by molar-refractivity contribution is 5.86. The molecule has 0 aromatic heterocycles. The van der Waals surface area contributed by atoms with Crippen molar-refractivity contribution < 1.29 is 14.6 Å². The minimum atomic E-state index is -0.338. The summed E-state index contributed by atoms with van der Waals surface area (Å²) in [5.74, 6) is -0.338. The van der Waals surface area contributed by atoms with E-state index < -0.39 is 0 Å². The zero-order chi connectivity index (χ0) is 25.8. The molecule has 3 nitrogen and oxygen atoms in total. The predicted molar refractivity (Wildman–Crippen MR) is 150 cm³/mol. The number of hydrogen-bond donors (Lipinski definition) is 1. The third-order valence-corrected chi connectivity index (χ3v) is 6.56. The van der Waals surface area contributed by atoms with E-state index in [4.69, 9.17) is 4.74 Å². The molecule has 0 amide bonds. The molecule has 3 aromatic rings. The molecule has 0 unspecified atom stereocenters. The Hall–Kier alpha value is -3.17. The quantitative estimate of drug-likeness (QED) is 0.145. The Balaban J connectivity index is 1.70. The normalized spacial score (nSPS) is 10.9. The second kappa shape index (κ2) is 14.4. The lowest BCUT2D eigenvalue weighted by Crippen LogP contribution is -2.07. The highest BCUT2D eigenvalue weighted by Crippen LogP contribution is 2.28. The van der Waals surface area contributed by atoms with E-state index in [0.29, 0.717) is 12.2 Å². The molecule has 0 heterocycles. The fraction of sp³-hybridized carbons (Fsp3) is 0.364. The van der Waals surface area contributed by atoms with Gasteiger partial charge in [0, 0.05) is 12.2 Å². The molecule has 36 heavy (non-hydrogen) atoms. The standard InChI is InChI=1S/C33H40O3/c1-4-5-6-9-26-12-14-28(15-13-26)29-16-18-30(19-17-29)32-21-20-27(10-7-22-34)31(24-32)11-8-23-36-33(35)25(2)3/h12-21,24,34H,2,4-11,22-23H2,1,3H3. The number of ether oxygens (including phenoxy) is 1. The minimum absolute atomic E-state index is 0.179. The van der Waals surface area contributed by atoms with Gasteiger partial charge in [-0.2, -0.15) is 0 Å². The van der Waals surface area contributed by atoms with Crippen LogP contribution in [0.15, 0.2) is 78.9 Å². The van der Waals surface area contributed by atoms with Crippen LogP contribution >= 0.6 is 0 Å². The molecule has 0 aliphatic rings. The second-order valence-electron chi connectivity index (χ2n) is 9.56. The fourth-order valence-electron chi connectivity index (χ4n) is 4.40. The maximum atomic E-state index is 11.7. The zero-order valence-electron chi connectivity index (χ0n) is 21.9. The van der Waals surface area contributed by atoms with E-state index >= 15 is 0 Å². The van der Waals surface area contributed by atoms with E-state index in [1.54, 1.807) is 6.92 Å². The van der Waals surface area contributed by atoms with Gasteiger partial charge in [-0.25, -0.2) is 4.79 Å². The van der Waals surface area contributed by atoms with Crippen molar-refractivity contribution in [3.05, 3.63) is 95.6 Å². The van der Waals surface area contributed by atoms with Gasteiger partial charge < -0.3 is 9.84 Å². The number of esters is 1. The lowest BCUT2D eigenvalue weighted by molar-refractivity contribution is -0.139. The largest absolute Gasteiger partial charge is 0.462 e. The van der Waals surface area contributed by atoms with E-state index in [1.807, 2.05) is 0 Å². The van der Waals surface area contributed by atoms with Crippen LogP contribution in [0.3, 0.4) is 0 Å². The predicted octanol–water partition coefficient (Wildman–Crippen LogP) is 7.73. The third-order valence-electron chi connectivity index (χ3n) is 6.56. The molecular formula is C33H40O3. The molecular weight excluding hydrogens is 444 g/mol. The Morgan fingerprint density at radius 2 is 1.33 bits per heavy atom. The summed E-state index contributed by atoms with van der Waals surface area (Å²) in [4.78, 5) is 11.7. The Kier molecular flexibility index (Phi) is 11.0. The van der Waals surface area contributed by atoms with E-state index in [0.717, 1.165) is 32.1 Å². The van der Waals surface area contributed by atoms with Crippen molar-refractivity contribution in [3.8, 4) is 22.3 Å². The molecule has 0 aliphatic heterocycles. The molecule has 3 aromatic carbocycles. The van der Waals surface area contributed by atoms with E-state index in [9.17, 15) is 9.90 Å². The highest BCUT2D eigenvalue weighted by atomic mass is 16.5. The molecule has 0 atom stereocenters. The van der Waals surface area contributed by atoms with Gasteiger partial charge in [0.15, 0.2) is 0 Å². The van der Waals surface area contributed by atoms with Crippen molar-refractivity contribution >= 4 is 5.97 Å². The van der Waals surface area contributed by atoms with E-state index in [1.165, 1.54) is 58.2 Å². The van der Waals surface area contributed by atoms with Gasteiger partial charge in [-0.3, -0.25) is 0 Å². The van der Waals surface area contributed by atoms with Crippen molar-refractivity contribution in [2.75, 3.05) is 13.2 Å². The molecule has 3 heteroatoms. The van der Waals surface area contributed by atoms with Gasteiger partial charge in [-0.15, -0.1) is 0 Å². The van der Waals surface area contributed by atoms with Crippen LogP contribution in [0.25, 0.3) is 22.3 Å². The number of benzene rings is 3. The van der Waals surface area contributed by atoms with Gasteiger partial charge in [-0.05, 0) is 84.4 Å². The molecule has 0 fully saturated rings. The van der Waals surface area contributed by atoms with Crippen LogP contribution < -0.4 is 0 Å². The first kappa shape index (κ1) is 27.4. The maximum Gasteiger partial charge on any atom is 0.333 e. The topological polar surface area (TPSA) is 46.5 Å². The molecule has 1 N–H and O–H groups in total. The maximum absolute atomic E-state index is 11.7. The molecule has 190 valence electrons. The number of aliphatic hydroxyl groups excluding tert-OH is 1. The number of hydrogen-bond acceptors (Lipinski definition) is 3. The summed E-state index contributed by atoms with van der Waals surface area (Å²) in [7, 11) is 0. The van der Waals surface area contributed by atoms with Crippen molar-refractivity contribution in [1.29, 1.82) is 0 Å². The molecule has 0 saturated heterocycles. The van der Waals surface area contributed by atoms with Crippen LogP contribution in [0.1, 0.15) is 62.6 Å². The lowest BCUT2D eigenvalue weighted by Gasteiger charge is -2.13. The minimum Gasteiger partial charge on any atom is -0.462 e. The Bertz CT molecular complexity index is 1110. The van der Waals surface area contributed by atoms with Gasteiger partial charge in [0.05, 0.1) is 6.61 Å². The van der Waals surface area contributed by atoms with Crippen LogP contribution in [-0.4, -0.2) is 24.3 Å². The first-order chi connectivity index (χ1) is 17.5. The second-order valence-corrected chi connectivity index (χ2v) is 9.56. The van der Waals surface area contributed by atoms with Gasteiger partial charge in [0.2, 0.25) is 0 Å². The summed E-state index contributed by atoms with van der Waals surface area (Å²) in [6, 6.07) is 24.3. The van der Waals surface area contributed by atoms with Crippen LogP contribution in [0.2, 0.25) is 0 Å². The average molecular weight is 485 g/mol. The first-order valence-corrected chi connectivity index (χ1v) is 13.3. The third kappa shape index (κ3) is 8.20. The van der Waals surface area contributed by atoms with Crippen LogP contribution in [0, 0.1) is 0 Å². The smallest absolute Gasteiger partial charge is 0.333 e. The first-order valence-electron chi connectivity index (χ1n) is 13.3. The van der Waals surface area contributed by atoms with Crippen molar-refractivity contribution in [1.82, 2.24) is 0 Å². The average Bonchev–Trinajstić information content (AvgIpc) is 2.90. The number of carbonyl (C=O) groups excluding carboxylic acids is 1. The highest BCUT2D eigenvalue weighted by Gasteiger charge is 2.08. The SMILES string of the molecule is C=C(C)C(=O)OCCCc1cc(-c2ccc(-c3ccc(CCCCC)cc3)cc2)ccc1CCCO. The van der Waals surface area contributed by atoms with Gasteiger partial charge in [-0.1, -0.05) is 93.1 Å². The van der Waals surface area contributed by atoms with Crippen molar-refractivity contribution in [2.24, 2.45) is 0 Å². The van der Waals surface area contributed by atoms with Gasteiger partial charge in [0.25, 0.3) is 0 Å². The lowest BCUT2D eigenvalue weighted by atomic mass is 9.93. The molecule has 0 saturated carbocycles. The Labute approximate surface area is 216 Å². The fourth-order valence-corrected chi connectivity index (χ4v) is 4.40. The summed E-state index contributed by atoms with van der Waals surface area (Å²) in [6.07, 6.45) is 8.10. The monoisotopic (exact) mass is 484 g/mol. The summed E-state index contributed by atoms with van der Waals surface area (Å²) >= 11 is 0. The zero-order valence-corrected chi connectivity index (χ0v) is 21.9. The summed E-state index contributed by atoms with van der Waals surface area (Å²) in [5, 5.41) is 9.30. The summed E-state index contributed by atoms with van der Waals surface area (Å²) in [5.41, 5.74) is 9.14. The Morgan fingerprint density at radius 3 is 1.94 bits per heavy atom. The number of rotatable bonds is 14. The van der Waals surface area contributed by atoms with Gasteiger partial charge >= 0.3 is 5.97 Å². The molecule has 0 radical (unpaired) electrons. The number of aliphatic hydroxyl groups is 1. The van der Waals surface area contributed by atoms with Crippen molar-refractivity contribution in [2.45, 2.75) is 65.2 Å². The number of unbranched alkanes of at least 4 members (excludes halogenated alkanes) is 2. The summed E-state index contributed by atoms with van der Waals surface area (Å²) in [6.45, 7) is 8.09. The van der Waals surface area contributed by atoms with E-state index in [2.05, 4.69) is 80.2 Å². The van der Waals surface area contributed by atoms with Gasteiger partial charge in [0.1, 0.15) is 0 Å². The summed E-state index contributed by atoms with van der Waals surface area (Å²) < 4.78 is 5.27. The van der Waals surface area contributed by atoms with E-state index in [-0.39, 0.29) is 12.6 Å². The Morgan fingerprint density at radius 1 is 0.750 bits per heavy atom. The number of aryl methyl sites for hydroxylation is 3. The molecule has 0 bridgehead atoms. The van der Waals surface area contributed by atoms with Crippen molar-refractivity contribution in [3.63, 3.8) is 0 Å². The van der Waals surface area contributed by atoms with Crippen LogP contribution in [0.4, 0.5) is 0 Å².